The van der Waals surface area contributed by atoms with Gasteiger partial charge in [-0.25, -0.2) is 0 Å². The molecule has 0 bridgehead atoms. The summed E-state index contributed by atoms with van der Waals surface area (Å²) < 4.78 is 2.13. The average Bonchev–Trinajstić information content (AvgIpc) is 3.21. The molecule has 1 aromatic rings. The highest BCUT2D eigenvalue weighted by Gasteiger charge is 2.53. The van der Waals surface area contributed by atoms with Crippen LogP contribution >= 0.6 is 11.8 Å². The van der Waals surface area contributed by atoms with E-state index in [1.807, 2.05) is 4.90 Å². The first kappa shape index (κ1) is 15.9. The van der Waals surface area contributed by atoms with Gasteiger partial charge in [0, 0.05) is 37.6 Å². The molecular weight excluding hydrogens is 326 g/mol. The van der Waals surface area contributed by atoms with Crippen molar-refractivity contribution < 1.29 is 9.59 Å². The Balaban J connectivity index is 1.45. The molecule has 0 aromatic carbocycles. The van der Waals surface area contributed by atoms with Crippen LogP contribution in [0.15, 0.2) is 0 Å². The number of carbonyl (C=O) groups is 2. The van der Waals surface area contributed by atoms with Gasteiger partial charge in [0.2, 0.25) is 11.8 Å². The third kappa shape index (κ3) is 2.42. The van der Waals surface area contributed by atoms with E-state index in [4.69, 9.17) is 0 Å². The monoisotopic (exact) mass is 349 g/mol. The Morgan fingerprint density at radius 3 is 3.04 bits per heavy atom. The van der Waals surface area contributed by atoms with Gasteiger partial charge in [-0.2, -0.15) is 0 Å². The minimum absolute atomic E-state index is 0.0129. The predicted molar refractivity (Wildman–Crippen MR) is 90.4 cm³/mol. The van der Waals surface area contributed by atoms with Crippen molar-refractivity contribution in [2.24, 2.45) is 0 Å². The molecule has 3 atom stereocenters. The first-order valence-corrected chi connectivity index (χ1v) is 9.68. The van der Waals surface area contributed by atoms with E-state index in [9.17, 15) is 9.59 Å². The quantitative estimate of drug-likeness (QED) is 0.870. The van der Waals surface area contributed by atoms with Crippen molar-refractivity contribution in [2.45, 2.75) is 69.5 Å². The van der Waals surface area contributed by atoms with Crippen LogP contribution in [0.1, 0.15) is 44.8 Å². The number of aryl methyl sites for hydroxylation is 2. The molecule has 130 valence electrons. The van der Waals surface area contributed by atoms with Crippen LogP contribution in [0.2, 0.25) is 0 Å². The molecule has 2 amide bonds. The van der Waals surface area contributed by atoms with Crippen molar-refractivity contribution in [3.63, 3.8) is 0 Å². The number of hydrogen-bond donors (Lipinski definition) is 1. The number of nitrogens with one attached hydrogen (secondary N) is 1. The maximum absolute atomic E-state index is 12.8. The van der Waals surface area contributed by atoms with Gasteiger partial charge in [0.1, 0.15) is 17.7 Å². The number of nitrogens with zero attached hydrogens (tertiary/aromatic N) is 4. The van der Waals surface area contributed by atoms with Crippen LogP contribution < -0.4 is 5.32 Å². The first-order chi connectivity index (χ1) is 11.5. The molecular formula is C16H23N5O2S. The molecule has 4 rings (SSSR count). The highest BCUT2D eigenvalue weighted by molar-refractivity contribution is 8.01. The van der Waals surface area contributed by atoms with E-state index in [-0.39, 0.29) is 28.8 Å². The van der Waals surface area contributed by atoms with E-state index in [2.05, 4.69) is 33.9 Å². The summed E-state index contributed by atoms with van der Waals surface area (Å²) in [5.74, 6) is 2.78. The fourth-order valence-electron chi connectivity index (χ4n) is 4.07. The van der Waals surface area contributed by atoms with Crippen LogP contribution in [-0.2, 0) is 29.0 Å². The van der Waals surface area contributed by atoms with Crippen LogP contribution in [0, 0.1) is 0 Å². The summed E-state index contributed by atoms with van der Waals surface area (Å²) >= 11 is 1.73. The van der Waals surface area contributed by atoms with Gasteiger partial charge in [-0.05, 0) is 19.8 Å². The number of carbonyl (C=O) groups excluding carboxylic acids is 2. The highest BCUT2D eigenvalue weighted by atomic mass is 32.2. The van der Waals surface area contributed by atoms with Gasteiger partial charge in [0.05, 0.1) is 4.87 Å². The molecule has 0 unspecified atom stereocenters. The van der Waals surface area contributed by atoms with Gasteiger partial charge in [0.25, 0.3) is 0 Å². The molecule has 2 fully saturated rings. The number of hydrogen-bond acceptors (Lipinski definition) is 5. The van der Waals surface area contributed by atoms with Crippen molar-refractivity contribution >= 4 is 23.6 Å². The second-order valence-corrected chi connectivity index (χ2v) is 8.51. The van der Waals surface area contributed by atoms with Gasteiger partial charge in [-0.15, -0.1) is 22.0 Å². The summed E-state index contributed by atoms with van der Waals surface area (Å²) in [4.78, 5) is 26.6. The smallest absolute Gasteiger partial charge is 0.243 e. The molecule has 24 heavy (non-hydrogen) atoms. The van der Waals surface area contributed by atoms with Gasteiger partial charge in [-0.3, -0.25) is 9.59 Å². The lowest BCUT2D eigenvalue weighted by molar-refractivity contribution is -0.138. The Labute approximate surface area is 145 Å². The molecule has 0 spiro atoms. The molecule has 7 nitrogen and oxygen atoms in total. The summed E-state index contributed by atoms with van der Waals surface area (Å²) in [6.45, 7) is 4.87. The minimum atomic E-state index is -0.331. The molecule has 1 N–H and O–H groups in total. The van der Waals surface area contributed by atoms with Gasteiger partial charge in [-0.1, -0.05) is 6.92 Å². The Morgan fingerprint density at radius 2 is 2.25 bits per heavy atom. The Kier molecular flexibility index (Phi) is 3.82. The number of thioether (sulfide) groups is 1. The third-order valence-corrected chi connectivity index (χ3v) is 6.94. The normalized spacial score (nSPS) is 31.9. The number of aromatic nitrogens is 3. The van der Waals surface area contributed by atoms with Crippen LogP contribution in [0.5, 0.6) is 0 Å². The van der Waals surface area contributed by atoms with Crippen LogP contribution in [0.3, 0.4) is 0 Å². The molecule has 3 aliphatic rings. The lowest BCUT2D eigenvalue weighted by Gasteiger charge is -2.31. The minimum Gasteiger partial charge on any atom is -0.350 e. The standard InChI is InChI=1S/C16H23N5O2S/c1-3-12-18-19-13-5-4-10(8-20(12)13)17-15(23)11-9-24-16(2)7-6-14(22)21(11)16/h10-11H,3-9H2,1-2H3,(H,17,23)/t10-,11-,16+/m1/s1. The van der Waals surface area contributed by atoms with E-state index in [1.54, 1.807) is 11.8 Å². The summed E-state index contributed by atoms with van der Waals surface area (Å²) in [5.41, 5.74) is 0. The van der Waals surface area contributed by atoms with Crippen molar-refractivity contribution in [1.29, 1.82) is 0 Å². The first-order valence-electron chi connectivity index (χ1n) is 8.69. The summed E-state index contributed by atoms with van der Waals surface area (Å²) in [6.07, 6.45) is 3.94. The van der Waals surface area contributed by atoms with Gasteiger partial charge < -0.3 is 14.8 Å². The predicted octanol–water partition coefficient (Wildman–Crippen LogP) is 0.726. The second-order valence-electron chi connectivity index (χ2n) is 7.01. The number of amides is 2. The second kappa shape index (κ2) is 5.75. The molecule has 8 heteroatoms. The molecule has 0 saturated carbocycles. The number of rotatable bonds is 3. The Hall–Kier alpha value is -1.57. The third-order valence-electron chi connectivity index (χ3n) is 5.43. The van der Waals surface area contributed by atoms with E-state index in [1.165, 1.54) is 0 Å². The van der Waals surface area contributed by atoms with E-state index >= 15 is 0 Å². The van der Waals surface area contributed by atoms with E-state index in [0.717, 1.165) is 43.9 Å². The Morgan fingerprint density at radius 1 is 1.42 bits per heavy atom. The highest BCUT2D eigenvalue weighted by Crippen LogP contribution is 2.47. The topological polar surface area (TPSA) is 80.1 Å². The largest absolute Gasteiger partial charge is 0.350 e. The lowest BCUT2D eigenvalue weighted by atomic mass is 10.1. The fourth-order valence-corrected chi connectivity index (χ4v) is 5.51. The van der Waals surface area contributed by atoms with Crippen molar-refractivity contribution in [3.05, 3.63) is 11.6 Å². The molecule has 2 saturated heterocycles. The molecule has 4 heterocycles. The zero-order valence-electron chi connectivity index (χ0n) is 14.1. The zero-order chi connectivity index (χ0) is 16.9. The SMILES string of the molecule is CCc1nnc2n1C[C@H](NC(=O)[C@H]1CS[C@@]3(C)CCC(=O)N13)CC2. The van der Waals surface area contributed by atoms with Gasteiger partial charge in [0.15, 0.2) is 0 Å². The average molecular weight is 349 g/mol. The van der Waals surface area contributed by atoms with Crippen molar-refractivity contribution in [1.82, 2.24) is 25.0 Å². The van der Waals surface area contributed by atoms with Crippen molar-refractivity contribution in [2.75, 3.05) is 5.75 Å². The van der Waals surface area contributed by atoms with Crippen LogP contribution in [0.25, 0.3) is 0 Å². The summed E-state index contributed by atoms with van der Waals surface area (Å²) in [5, 5.41) is 11.6. The maximum atomic E-state index is 12.8. The molecule has 1 aromatic heterocycles. The maximum Gasteiger partial charge on any atom is 0.243 e. The van der Waals surface area contributed by atoms with Crippen LogP contribution in [0.4, 0.5) is 0 Å². The Bertz CT molecular complexity index is 677. The van der Waals surface area contributed by atoms with Crippen molar-refractivity contribution in [3.8, 4) is 0 Å². The number of fused-ring (bicyclic) bond motifs is 2. The van der Waals surface area contributed by atoms with Crippen LogP contribution in [-0.4, -0.2) is 54.2 Å². The fraction of sp³-hybridized carbons (Fsp3) is 0.750. The van der Waals surface area contributed by atoms with E-state index in [0.29, 0.717) is 12.2 Å². The summed E-state index contributed by atoms with van der Waals surface area (Å²) in [6, 6.07) is -0.246. The molecule has 0 aliphatic carbocycles. The molecule has 0 radical (unpaired) electrons. The summed E-state index contributed by atoms with van der Waals surface area (Å²) in [7, 11) is 0. The molecule has 3 aliphatic heterocycles. The lowest BCUT2D eigenvalue weighted by Crippen LogP contribution is -2.53. The zero-order valence-corrected chi connectivity index (χ0v) is 14.9. The van der Waals surface area contributed by atoms with E-state index < -0.39 is 0 Å². The van der Waals surface area contributed by atoms with Gasteiger partial charge >= 0.3 is 0 Å².